The molecule has 3 rings (SSSR count). The number of thioether (sulfide) groups is 1. The number of nitrogens with one attached hydrogen (secondary N) is 3. The van der Waals surface area contributed by atoms with Crippen molar-refractivity contribution in [2.75, 3.05) is 11.1 Å². The van der Waals surface area contributed by atoms with Gasteiger partial charge in [0.1, 0.15) is 5.82 Å². The number of halogens is 1. The van der Waals surface area contributed by atoms with Crippen molar-refractivity contribution < 1.29 is 14.0 Å². The molecule has 132 valence electrons. The number of nitrogens with zero attached hydrogens (tertiary/aromatic N) is 2. The quantitative estimate of drug-likeness (QED) is 0.599. The number of benzene rings is 2. The lowest BCUT2D eigenvalue weighted by Gasteiger charge is -2.06. The van der Waals surface area contributed by atoms with E-state index in [1.807, 2.05) is 30.3 Å². The average molecular weight is 371 g/mol. The molecule has 0 aliphatic heterocycles. The van der Waals surface area contributed by atoms with Crippen LogP contribution in [0, 0.1) is 5.82 Å². The highest BCUT2D eigenvalue weighted by atomic mass is 32.2. The third-order valence-corrected chi connectivity index (χ3v) is 4.07. The molecule has 26 heavy (non-hydrogen) atoms. The van der Waals surface area contributed by atoms with Crippen LogP contribution in [0.5, 0.6) is 0 Å². The van der Waals surface area contributed by atoms with Gasteiger partial charge in [0.05, 0.1) is 11.4 Å². The fourth-order valence-corrected chi connectivity index (χ4v) is 2.64. The fourth-order valence-electron chi connectivity index (χ4n) is 2.05. The Hall–Kier alpha value is -3.20. The number of para-hydroxylation sites is 1. The summed E-state index contributed by atoms with van der Waals surface area (Å²) in [6, 6.07) is 14.3. The van der Waals surface area contributed by atoms with Crippen molar-refractivity contribution in [3.05, 3.63) is 60.4 Å². The first-order chi connectivity index (χ1) is 12.6. The Labute approximate surface area is 152 Å². The second kappa shape index (κ2) is 8.26. The van der Waals surface area contributed by atoms with Crippen LogP contribution in [0.3, 0.4) is 0 Å². The number of carbonyl (C=O) groups is 2. The van der Waals surface area contributed by atoms with E-state index in [-0.39, 0.29) is 11.4 Å². The van der Waals surface area contributed by atoms with E-state index >= 15 is 0 Å². The second-order valence-electron chi connectivity index (χ2n) is 5.10. The summed E-state index contributed by atoms with van der Waals surface area (Å²) in [6.45, 7) is 0. The summed E-state index contributed by atoms with van der Waals surface area (Å²) in [5.74, 6) is -0.601. The normalized spacial score (nSPS) is 10.3. The van der Waals surface area contributed by atoms with Crippen molar-refractivity contribution in [3.8, 4) is 11.4 Å². The van der Waals surface area contributed by atoms with Crippen molar-refractivity contribution in [1.82, 2.24) is 20.5 Å². The summed E-state index contributed by atoms with van der Waals surface area (Å²) in [5, 5.41) is 11.6. The van der Waals surface area contributed by atoms with Gasteiger partial charge in [-0.2, -0.15) is 0 Å². The van der Waals surface area contributed by atoms with Gasteiger partial charge in [0.2, 0.25) is 11.1 Å². The fraction of sp³-hybridized carbons (Fsp3) is 0.0588. The average Bonchev–Trinajstić information content (AvgIpc) is 3.12. The molecule has 3 aromatic rings. The molecular formula is C17H14FN5O2S. The van der Waals surface area contributed by atoms with Gasteiger partial charge in [-0.3, -0.25) is 15.2 Å². The van der Waals surface area contributed by atoms with Crippen LogP contribution < -0.4 is 10.6 Å². The van der Waals surface area contributed by atoms with Gasteiger partial charge in [-0.05, 0) is 12.1 Å². The molecule has 1 aromatic heterocycles. The Morgan fingerprint density at radius 2 is 1.81 bits per heavy atom. The first-order valence-electron chi connectivity index (χ1n) is 7.58. The van der Waals surface area contributed by atoms with Gasteiger partial charge in [0.15, 0.2) is 5.82 Å². The summed E-state index contributed by atoms with van der Waals surface area (Å²) in [4.78, 5) is 27.8. The minimum Gasteiger partial charge on any atom is -0.305 e. The van der Waals surface area contributed by atoms with Crippen LogP contribution in [-0.2, 0) is 4.79 Å². The minimum atomic E-state index is -0.805. The number of urea groups is 1. The molecule has 0 saturated heterocycles. The topological polar surface area (TPSA) is 99.8 Å². The molecule has 2 aromatic carbocycles. The maximum atomic E-state index is 13.4. The molecule has 0 unspecified atom stereocenters. The summed E-state index contributed by atoms with van der Waals surface area (Å²) in [6.07, 6.45) is 0. The Kier molecular flexibility index (Phi) is 5.59. The monoisotopic (exact) mass is 371 g/mol. The van der Waals surface area contributed by atoms with Crippen LogP contribution in [0.1, 0.15) is 0 Å². The number of H-pyrrole nitrogens is 1. The van der Waals surface area contributed by atoms with E-state index in [4.69, 9.17) is 0 Å². The molecule has 7 nitrogen and oxygen atoms in total. The number of carbonyl (C=O) groups excluding carboxylic acids is 2. The zero-order chi connectivity index (χ0) is 18.4. The minimum absolute atomic E-state index is 0.00748. The molecule has 9 heteroatoms. The van der Waals surface area contributed by atoms with Gasteiger partial charge in [-0.1, -0.05) is 54.2 Å². The lowest BCUT2D eigenvalue weighted by molar-refractivity contribution is -0.117. The first-order valence-corrected chi connectivity index (χ1v) is 8.56. The van der Waals surface area contributed by atoms with E-state index in [2.05, 4.69) is 25.8 Å². The smallest absolute Gasteiger partial charge is 0.305 e. The summed E-state index contributed by atoms with van der Waals surface area (Å²) < 4.78 is 13.4. The first kappa shape index (κ1) is 17.6. The van der Waals surface area contributed by atoms with Gasteiger partial charge in [-0.25, -0.2) is 14.2 Å². The molecule has 3 N–H and O–H groups in total. The summed E-state index contributed by atoms with van der Waals surface area (Å²) >= 11 is 1.08. The molecular weight excluding hydrogens is 357 g/mol. The SMILES string of the molecule is O=C(CSc1n[nH]c(-c2ccccc2)n1)NC(=O)Nc1ccccc1F. The zero-order valence-electron chi connectivity index (χ0n) is 13.4. The molecule has 3 amide bonds. The van der Waals surface area contributed by atoms with Gasteiger partial charge >= 0.3 is 6.03 Å². The molecule has 0 bridgehead atoms. The lowest BCUT2D eigenvalue weighted by Crippen LogP contribution is -2.35. The highest BCUT2D eigenvalue weighted by Crippen LogP contribution is 2.18. The van der Waals surface area contributed by atoms with Gasteiger partial charge in [-0.15, -0.1) is 5.10 Å². The van der Waals surface area contributed by atoms with E-state index in [1.54, 1.807) is 6.07 Å². The van der Waals surface area contributed by atoms with Gasteiger partial charge in [0.25, 0.3) is 0 Å². The van der Waals surface area contributed by atoms with Crippen molar-refractivity contribution in [3.63, 3.8) is 0 Å². The van der Waals surface area contributed by atoms with E-state index in [1.165, 1.54) is 18.2 Å². The largest absolute Gasteiger partial charge is 0.325 e. The van der Waals surface area contributed by atoms with Crippen molar-refractivity contribution in [2.45, 2.75) is 5.16 Å². The molecule has 0 radical (unpaired) electrons. The van der Waals surface area contributed by atoms with Crippen LogP contribution in [0.25, 0.3) is 11.4 Å². The van der Waals surface area contributed by atoms with Crippen molar-refractivity contribution in [2.24, 2.45) is 0 Å². The highest BCUT2D eigenvalue weighted by molar-refractivity contribution is 7.99. The molecule has 0 saturated carbocycles. The number of imide groups is 1. The number of aromatic amines is 1. The van der Waals surface area contributed by atoms with Crippen LogP contribution in [-0.4, -0.2) is 32.9 Å². The molecule has 0 aliphatic carbocycles. The van der Waals surface area contributed by atoms with Gasteiger partial charge < -0.3 is 5.32 Å². The number of rotatable bonds is 5. The van der Waals surface area contributed by atoms with Crippen LogP contribution in [0.2, 0.25) is 0 Å². The number of hydrogen-bond donors (Lipinski definition) is 3. The molecule has 0 aliphatic rings. The Balaban J connectivity index is 1.49. The standard InChI is InChI=1S/C17H14FN5O2S/c18-12-8-4-5-9-13(12)19-16(25)20-14(24)10-26-17-21-15(22-23-17)11-6-2-1-3-7-11/h1-9H,10H2,(H,21,22,23)(H2,19,20,24,25). The number of hydrogen-bond acceptors (Lipinski definition) is 5. The Morgan fingerprint density at radius 1 is 1.08 bits per heavy atom. The summed E-state index contributed by atoms with van der Waals surface area (Å²) in [7, 11) is 0. The van der Waals surface area contributed by atoms with E-state index in [0.717, 1.165) is 17.3 Å². The van der Waals surface area contributed by atoms with E-state index in [9.17, 15) is 14.0 Å². The summed E-state index contributed by atoms with van der Waals surface area (Å²) in [5.41, 5.74) is 0.868. The predicted molar refractivity (Wildman–Crippen MR) is 96.1 cm³/mol. The highest BCUT2D eigenvalue weighted by Gasteiger charge is 2.12. The molecule has 1 heterocycles. The lowest BCUT2D eigenvalue weighted by atomic mass is 10.2. The second-order valence-corrected chi connectivity index (χ2v) is 6.05. The van der Waals surface area contributed by atoms with E-state index in [0.29, 0.717) is 11.0 Å². The third-order valence-electron chi connectivity index (χ3n) is 3.22. The number of aromatic nitrogens is 3. The zero-order valence-corrected chi connectivity index (χ0v) is 14.2. The number of anilines is 1. The molecule has 0 atom stereocenters. The Morgan fingerprint density at radius 3 is 2.58 bits per heavy atom. The molecule has 0 fully saturated rings. The third kappa shape index (κ3) is 4.67. The van der Waals surface area contributed by atoms with Crippen molar-refractivity contribution >= 4 is 29.4 Å². The number of amides is 3. The van der Waals surface area contributed by atoms with Crippen LogP contribution in [0.15, 0.2) is 59.8 Å². The van der Waals surface area contributed by atoms with E-state index < -0.39 is 17.8 Å². The maximum absolute atomic E-state index is 13.4. The van der Waals surface area contributed by atoms with Gasteiger partial charge in [0, 0.05) is 5.56 Å². The van der Waals surface area contributed by atoms with Crippen molar-refractivity contribution in [1.29, 1.82) is 0 Å². The predicted octanol–water partition coefficient (Wildman–Crippen LogP) is 3.05. The molecule has 0 spiro atoms. The van der Waals surface area contributed by atoms with Crippen LogP contribution >= 0.6 is 11.8 Å². The maximum Gasteiger partial charge on any atom is 0.325 e. The Bertz CT molecular complexity index is 916. The van der Waals surface area contributed by atoms with Crippen LogP contribution in [0.4, 0.5) is 14.9 Å².